The van der Waals surface area contributed by atoms with Crippen molar-refractivity contribution in [3.8, 4) is 5.69 Å². The number of aryl methyl sites for hydroxylation is 1. The van der Waals surface area contributed by atoms with Gasteiger partial charge < -0.3 is 0 Å². The highest BCUT2D eigenvalue weighted by Crippen LogP contribution is 2.31. The number of nitrogens with zero attached hydrogens (tertiary/aromatic N) is 2. The zero-order valence-electron chi connectivity index (χ0n) is 9.05. The quantitative estimate of drug-likeness (QED) is 0.640. The predicted molar refractivity (Wildman–Crippen MR) is 58.4 cm³/mol. The predicted octanol–water partition coefficient (Wildman–Crippen LogP) is 3.40. The molecule has 0 saturated carbocycles. The van der Waals surface area contributed by atoms with Crippen LogP contribution in [0.25, 0.3) is 5.69 Å². The van der Waals surface area contributed by atoms with Crippen LogP contribution in [0.15, 0.2) is 18.2 Å². The lowest BCUT2D eigenvalue weighted by atomic mass is 10.2. The van der Waals surface area contributed by atoms with Crippen molar-refractivity contribution in [1.29, 1.82) is 0 Å². The first-order valence-corrected chi connectivity index (χ1v) is 5.22. The summed E-state index contributed by atoms with van der Waals surface area (Å²) < 4.78 is 52.4. The van der Waals surface area contributed by atoms with E-state index in [0.29, 0.717) is 12.1 Å². The van der Waals surface area contributed by atoms with Gasteiger partial charge in [0.25, 0.3) is 0 Å². The Hall–Kier alpha value is -1.70. The smallest absolute Gasteiger partial charge is 0.269 e. The van der Waals surface area contributed by atoms with Crippen LogP contribution in [0.1, 0.15) is 11.4 Å². The molecule has 0 spiro atoms. The molecule has 0 aliphatic heterocycles. The number of aromatic nitrogens is 3. The van der Waals surface area contributed by atoms with Gasteiger partial charge in [-0.25, -0.2) is 4.39 Å². The molecule has 3 nitrogen and oxygen atoms in total. The molecular formula is C10H7F4N3S. The Morgan fingerprint density at radius 3 is 2.50 bits per heavy atom. The maximum absolute atomic E-state index is 13.6. The van der Waals surface area contributed by atoms with Gasteiger partial charge in [0.1, 0.15) is 11.6 Å². The molecule has 8 heteroatoms. The maximum atomic E-state index is 13.6. The van der Waals surface area contributed by atoms with Crippen LogP contribution >= 0.6 is 12.2 Å². The summed E-state index contributed by atoms with van der Waals surface area (Å²) in [5.41, 5.74) is -1.22. The number of hydrogen-bond acceptors (Lipinski definition) is 2. The number of H-pyrrole nitrogens is 1. The van der Waals surface area contributed by atoms with Crippen LogP contribution in [0.3, 0.4) is 0 Å². The van der Waals surface area contributed by atoms with Crippen molar-refractivity contribution >= 4 is 12.2 Å². The fourth-order valence-corrected chi connectivity index (χ4v) is 1.80. The van der Waals surface area contributed by atoms with Crippen LogP contribution in [0.4, 0.5) is 17.6 Å². The molecule has 0 fully saturated rings. The summed E-state index contributed by atoms with van der Waals surface area (Å²) in [7, 11) is 0. The first-order chi connectivity index (χ1) is 8.30. The van der Waals surface area contributed by atoms with Crippen LogP contribution in [0.5, 0.6) is 0 Å². The Morgan fingerprint density at radius 2 is 2.00 bits per heavy atom. The molecular weight excluding hydrogens is 270 g/mol. The van der Waals surface area contributed by atoms with Crippen molar-refractivity contribution in [1.82, 2.24) is 14.8 Å². The monoisotopic (exact) mass is 277 g/mol. The summed E-state index contributed by atoms with van der Waals surface area (Å²) in [6.07, 6.45) is -4.54. The standard InChI is InChI=1S/C10H7F4N3S/c1-5-15-16-9(18)17(5)8-4-6(10(12,13)14)2-3-7(8)11/h2-4H,1H3,(H,16,18). The maximum Gasteiger partial charge on any atom is 0.416 e. The SMILES string of the molecule is Cc1n[nH]c(=S)n1-c1cc(C(F)(F)F)ccc1F. The second-order valence-corrected chi connectivity index (χ2v) is 3.96. The van der Waals surface area contributed by atoms with E-state index in [-0.39, 0.29) is 16.3 Å². The summed E-state index contributed by atoms with van der Waals surface area (Å²) >= 11 is 4.85. The molecule has 0 unspecified atom stereocenters. The molecule has 0 radical (unpaired) electrons. The fourth-order valence-electron chi connectivity index (χ4n) is 1.52. The number of halogens is 4. The van der Waals surface area contributed by atoms with E-state index in [2.05, 4.69) is 10.2 Å². The summed E-state index contributed by atoms with van der Waals surface area (Å²) in [6, 6.07) is 2.14. The van der Waals surface area contributed by atoms with E-state index in [1.807, 2.05) is 0 Å². The van der Waals surface area contributed by atoms with Gasteiger partial charge in [-0.05, 0) is 37.3 Å². The normalized spacial score (nSPS) is 11.8. The van der Waals surface area contributed by atoms with E-state index in [9.17, 15) is 17.6 Å². The molecule has 96 valence electrons. The largest absolute Gasteiger partial charge is 0.416 e. The second-order valence-electron chi connectivity index (χ2n) is 3.58. The topological polar surface area (TPSA) is 33.6 Å². The van der Waals surface area contributed by atoms with Crippen LogP contribution in [-0.2, 0) is 6.18 Å². The Kier molecular flexibility index (Phi) is 2.97. The molecule has 0 saturated heterocycles. The average Bonchev–Trinajstić information content (AvgIpc) is 2.58. The van der Waals surface area contributed by atoms with Gasteiger partial charge in [0, 0.05) is 0 Å². The molecule has 18 heavy (non-hydrogen) atoms. The lowest BCUT2D eigenvalue weighted by molar-refractivity contribution is -0.137. The first kappa shape index (κ1) is 12.7. The zero-order valence-corrected chi connectivity index (χ0v) is 9.86. The van der Waals surface area contributed by atoms with Crippen molar-refractivity contribution in [2.45, 2.75) is 13.1 Å². The van der Waals surface area contributed by atoms with Gasteiger partial charge in [0.2, 0.25) is 0 Å². The minimum atomic E-state index is -4.54. The third-order valence-electron chi connectivity index (χ3n) is 2.35. The molecule has 0 bridgehead atoms. The second kappa shape index (κ2) is 4.20. The Balaban J connectivity index is 2.69. The molecule has 0 aliphatic rings. The van der Waals surface area contributed by atoms with E-state index in [1.54, 1.807) is 0 Å². The van der Waals surface area contributed by atoms with E-state index in [4.69, 9.17) is 12.2 Å². The molecule has 1 N–H and O–H groups in total. The first-order valence-electron chi connectivity index (χ1n) is 4.82. The zero-order chi connectivity index (χ0) is 13.5. The molecule has 0 atom stereocenters. The number of aromatic amines is 1. The Morgan fingerprint density at radius 1 is 1.33 bits per heavy atom. The molecule has 0 amide bonds. The lowest BCUT2D eigenvalue weighted by Gasteiger charge is -2.10. The third kappa shape index (κ3) is 2.15. The van der Waals surface area contributed by atoms with Crippen LogP contribution in [-0.4, -0.2) is 14.8 Å². The van der Waals surface area contributed by atoms with Gasteiger partial charge in [-0.15, -0.1) is 0 Å². The van der Waals surface area contributed by atoms with Crippen molar-refractivity contribution in [2.24, 2.45) is 0 Å². The molecule has 1 heterocycles. The number of benzene rings is 1. The van der Waals surface area contributed by atoms with Gasteiger partial charge in [-0.1, -0.05) is 0 Å². The third-order valence-corrected chi connectivity index (χ3v) is 2.63. The highest BCUT2D eigenvalue weighted by atomic mass is 32.1. The highest BCUT2D eigenvalue weighted by molar-refractivity contribution is 7.71. The van der Waals surface area contributed by atoms with Crippen LogP contribution in [0, 0.1) is 17.5 Å². The van der Waals surface area contributed by atoms with Crippen molar-refractivity contribution in [2.75, 3.05) is 0 Å². The van der Waals surface area contributed by atoms with Crippen molar-refractivity contribution in [3.63, 3.8) is 0 Å². The Bertz CT molecular complexity index is 641. The molecule has 1 aromatic carbocycles. The highest BCUT2D eigenvalue weighted by Gasteiger charge is 2.31. The van der Waals surface area contributed by atoms with E-state index >= 15 is 0 Å². The molecule has 0 aliphatic carbocycles. The number of alkyl halides is 3. The van der Waals surface area contributed by atoms with E-state index < -0.39 is 17.6 Å². The summed E-state index contributed by atoms with van der Waals surface area (Å²) in [6.45, 7) is 1.51. The van der Waals surface area contributed by atoms with E-state index in [1.165, 1.54) is 6.92 Å². The van der Waals surface area contributed by atoms with Crippen LogP contribution < -0.4 is 0 Å². The summed E-state index contributed by atoms with van der Waals surface area (Å²) in [4.78, 5) is 0. The summed E-state index contributed by atoms with van der Waals surface area (Å²) in [5.74, 6) is -0.526. The van der Waals surface area contributed by atoms with Crippen LogP contribution in [0.2, 0.25) is 0 Å². The Labute approximate surface area is 104 Å². The number of hydrogen-bond donors (Lipinski definition) is 1. The van der Waals surface area contributed by atoms with Gasteiger partial charge in [-0.2, -0.15) is 18.3 Å². The molecule has 2 rings (SSSR count). The van der Waals surface area contributed by atoms with Gasteiger partial charge in [-0.3, -0.25) is 9.67 Å². The molecule has 1 aromatic heterocycles. The average molecular weight is 277 g/mol. The molecule has 2 aromatic rings. The fraction of sp³-hybridized carbons (Fsp3) is 0.200. The van der Waals surface area contributed by atoms with Crippen molar-refractivity contribution in [3.05, 3.63) is 40.2 Å². The summed E-state index contributed by atoms with van der Waals surface area (Å²) in [5, 5.41) is 6.11. The minimum Gasteiger partial charge on any atom is -0.269 e. The minimum absolute atomic E-state index is 0.0331. The van der Waals surface area contributed by atoms with Gasteiger partial charge in [0.05, 0.1) is 11.3 Å². The van der Waals surface area contributed by atoms with E-state index in [0.717, 1.165) is 10.6 Å². The van der Waals surface area contributed by atoms with Crippen molar-refractivity contribution < 1.29 is 17.6 Å². The van der Waals surface area contributed by atoms with Gasteiger partial charge in [0.15, 0.2) is 4.77 Å². The number of nitrogens with one attached hydrogen (secondary N) is 1. The number of rotatable bonds is 1. The lowest BCUT2D eigenvalue weighted by Crippen LogP contribution is -2.08. The van der Waals surface area contributed by atoms with Gasteiger partial charge >= 0.3 is 6.18 Å².